The Kier molecular flexibility index (Phi) is 1.01. The average Bonchev–Trinajstić information content (AvgIpc) is 2.33. The Hall–Kier alpha value is -1.30. The van der Waals surface area contributed by atoms with Crippen molar-refractivity contribution < 1.29 is 0 Å². The number of nitrogens with zero attached hydrogens (tertiary/aromatic N) is 3. The zero-order valence-corrected chi connectivity index (χ0v) is 5.55. The highest BCUT2D eigenvalue weighted by atomic mass is 32.1. The Labute approximate surface area is 59.1 Å². The van der Waals surface area contributed by atoms with Crippen LogP contribution >= 0.6 is 11.7 Å². The van der Waals surface area contributed by atoms with Crippen LogP contribution in [0, 0.1) is 0 Å². The zero-order chi connectivity index (χ0) is 6.97. The minimum atomic E-state index is -0.250. The Morgan fingerprint density at radius 3 is 3.30 bits per heavy atom. The highest BCUT2D eigenvalue weighted by Gasteiger charge is 1.97. The van der Waals surface area contributed by atoms with Crippen molar-refractivity contribution in [1.82, 2.24) is 18.7 Å². The fraction of sp³-hybridized carbons (Fsp3) is 0. The van der Waals surface area contributed by atoms with E-state index in [1.54, 1.807) is 0 Å². The third-order valence-corrected chi connectivity index (χ3v) is 1.54. The van der Waals surface area contributed by atoms with Crippen molar-refractivity contribution in [2.24, 2.45) is 0 Å². The summed E-state index contributed by atoms with van der Waals surface area (Å²) in [6, 6.07) is 0. The molecule has 0 unspecified atom stereocenters. The minimum Gasteiger partial charge on any atom is -0.302 e. The molecule has 0 saturated carbocycles. The number of hydrogen-bond donors (Lipinski definition) is 1. The first-order valence-corrected chi connectivity index (χ1v) is 3.27. The second-order valence-corrected chi connectivity index (χ2v) is 2.21. The number of rotatable bonds is 0. The summed E-state index contributed by atoms with van der Waals surface area (Å²) in [4.78, 5) is 16.8. The van der Waals surface area contributed by atoms with Gasteiger partial charge in [0.2, 0.25) is 5.65 Å². The zero-order valence-electron chi connectivity index (χ0n) is 4.74. The highest BCUT2D eigenvalue weighted by Crippen LogP contribution is 1.99. The molecule has 0 aromatic carbocycles. The molecule has 0 saturated heterocycles. The molecule has 50 valence electrons. The fourth-order valence-electron chi connectivity index (χ4n) is 0.616. The summed E-state index contributed by atoms with van der Waals surface area (Å²) >= 11 is 1.03. The van der Waals surface area contributed by atoms with Gasteiger partial charge in [-0.1, -0.05) is 0 Å². The van der Waals surface area contributed by atoms with Crippen LogP contribution in [-0.2, 0) is 0 Å². The maximum absolute atomic E-state index is 10.6. The molecule has 2 aromatic rings. The molecular formula is C4H2N4OS. The first-order valence-electron chi connectivity index (χ1n) is 2.54. The molecule has 2 rings (SSSR count). The topological polar surface area (TPSA) is 71.5 Å². The number of hydrogen-bond acceptors (Lipinski definition) is 5. The lowest BCUT2D eigenvalue weighted by Crippen LogP contribution is -2.04. The molecule has 0 aliphatic rings. The van der Waals surface area contributed by atoms with Gasteiger partial charge in [0.1, 0.15) is 0 Å². The summed E-state index contributed by atoms with van der Waals surface area (Å²) in [5, 5.41) is 0. The van der Waals surface area contributed by atoms with E-state index in [0.717, 1.165) is 11.7 Å². The fourth-order valence-corrected chi connectivity index (χ4v) is 1.08. The van der Waals surface area contributed by atoms with Gasteiger partial charge in [0.25, 0.3) is 5.56 Å². The van der Waals surface area contributed by atoms with Gasteiger partial charge < -0.3 is 4.98 Å². The summed E-state index contributed by atoms with van der Waals surface area (Å²) in [7, 11) is 0. The van der Waals surface area contributed by atoms with Gasteiger partial charge >= 0.3 is 0 Å². The standard InChI is InChI=1S/C4H2N4OS/c9-2-1-5-3-4(6-2)8-10-7-3/h1H,(H,6,8,9). The molecule has 1 N–H and O–H groups in total. The first kappa shape index (κ1) is 5.48. The van der Waals surface area contributed by atoms with Crippen LogP contribution in [0.3, 0.4) is 0 Å². The van der Waals surface area contributed by atoms with Crippen LogP contribution < -0.4 is 5.56 Å². The summed E-state index contributed by atoms with van der Waals surface area (Å²) in [5.74, 6) is 0. The van der Waals surface area contributed by atoms with Crippen LogP contribution in [0.2, 0.25) is 0 Å². The van der Waals surface area contributed by atoms with Crippen molar-refractivity contribution in [3.05, 3.63) is 16.6 Å². The lowest BCUT2D eigenvalue weighted by molar-refractivity contribution is 1.19. The molecule has 0 spiro atoms. The Bertz CT molecular complexity index is 405. The van der Waals surface area contributed by atoms with Gasteiger partial charge in [-0.05, 0) is 0 Å². The van der Waals surface area contributed by atoms with E-state index in [9.17, 15) is 4.79 Å². The SMILES string of the molecule is O=c1cnc2nsnc2[nH]1. The Morgan fingerprint density at radius 2 is 2.40 bits per heavy atom. The summed E-state index contributed by atoms with van der Waals surface area (Å²) in [5.41, 5.74) is 0.697. The van der Waals surface area contributed by atoms with E-state index in [1.807, 2.05) is 0 Å². The molecule has 2 aromatic heterocycles. The molecule has 0 aliphatic carbocycles. The second kappa shape index (κ2) is 1.84. The third-order valence-electron chi connectivity index (χ3n) is 1.02. The Balaban J connectivity index is 2.99. The first-order chi connectivity index (χ1) is 4.86. The van der Waals surface area contributed by atoms with Gasteiger partial charge in [0.05, 0.1) is 17.9 Å². The number of aromatic amines is 1. The summed E-state index contributed by atoms with van der Waals surface area (Å²) < 4.78 is 7.60. The molecule has 6 heteroatoms. The maximum atomic E-state index is 10.6. The molecule has 0 radical (unpaired) electrons. The van der Waals surface area contributed by atoms with Crippen LogP contribution in [0.1, 0.15) is 0 Å². The monoisotopic (exact) mass is 154 g/mol. The second-order valence-electron chi connectivity index (χ2n) is 1.68. The van der Waals surface area contributed by atoms with Crippen molar-refractivity contribution in [3.63, 3.8) is 0 Å². The molecule has 0 aliphatic heterocycles. The van der Waals surface area contributed by atoms with Crippen molar-refractivity contribution in [3.8, 4) is 0 Å². The molecule has 0 bridgehead atoms. The van der Waals surface area contributed by atoms with Crippen molar-refractivity contribution >= 4 is 23.0 Å². The van der Waals surface area contributed by atoms with Gasteiger partial charge in [-0.3, -0.25) is 4.79 Å². The molecule has 2 heterocycles. The number of fused-ring (bicyclic) bond motifs is 1. The van der Waals surface area contributed by atoms with E-state index in [-0.39, 0.29) is 5.56 Å². The van der Waals surface area contributed by atoms with E-state index in [2.05, 4.69) is 18.7 Å². The minimum absolute atomic E-state index is 0.250. The predicted molar refractivity (Wildman–Crippen MR) is 35.8 cm³/mol. The van der Waals surface area contributed by atoms with Gasteiger partial charge in [0.15, 0.2) is 5.65 Å². The van der Waals surface area contributed by atoms with Crippen LogP contribution in [-0.4, -0.2) is 18.7 Å². The third kappa shape index (κ3) is 0.695. The molecule has 0 fully saturated rings. The van der Waals surface area contributed by atoms with Crippen molar-refractivity contribution in [2.75, 3.05) is 0 Å². The van der Waals surface area contributed by atoms with Gasteiger partial charge in [0, 0.05) is 0 Å². The molecule has 0 amide bonds. The van der Waals surface area contributed by atoms with E-state index < -0.39 is 0 Å². The maximum Gasteiger partial charge on any atom is 0.268 e. The summed E-state index contributed by atoms with van der Waals surface area (Å²) in [6.45, 7) is 0. The van der Waals surface area contributed by atoms with E-state index in [0.29, 0.717) is 11.3 Å². The van der Waals surface area contributed by atoms with Crippen LogP contribution in [0.5, 0.6) is 0 Å². The Morgan fingerprint density at radius 1 is 1.50 bits per heavy atom. The van der Waals surface area contributed by atoms with Crippen molar-refractivity contribution in [2.45, 2.75) is 0 Å². The lowest BCUT2D eigenvalue weighted by Gasteiger charge is -1.80. The van der Waals surface area contributed by atoms with E-state index in [1.165, 1.54) is 6.20 Å². The van der Waals surface area contributed by atoms with E-state index >= 15 is 0 Å². The molecular weight excluding hydrogens is 152 g/mol. The molecule has 10 heavy (non-hydrogen) atoms. The van der Waals surface area contributed by atoms with Crippen LogP contribution in [0.15, 0.2) is 11.0 Å². The quantitative estimate of drug-likeness (QED) is 0.569. The van der Waals surface area contributed by atoms with Gasteiger partial charge in [-0.25, -0.2) is 4.98 Å². The molecule has 5 nitrogen and oxygen atoms in total. The highest BCUT2D eigenvalue weighted by molar-refractivity contribution is 6.99. The smallest absolute Gasteiger partial charge is 0.268 e. The van der Waals surface area contributed by atoms with Crippen LogP contribution in [0.25, 0.3) is 11.3 Å². The lowest BCUT2D eigenvalue weighted by atomic mass is 10.7. The van der Waals surface area contributed by atoms with Crippen molar-refractivity contribution in [1.29, 1.82) is 0 Å². The normalized spacial score (nSPS) is 10.4. The number of nitrogens with one attached hydrogen (secondary N) is 1. The molecule has 0 atom stereocenters. The number of aromatic nitrogens is 4. The van der Waals surface area contributed by atoms with Gasteiger partial charge in [-0.15, -0.1) is 0 Å². The average molecular weight is 154 g/mol. The van der Waals surface area contributed by atoms with Crippen LogP contribution in [0.4, 0.5) is 0 Å². The summed E-state index contributed by atoms with van der Waals surface area (Å²) in [6.07, 6.45) is 1.18. The van der Waals surface area contributed by atoms with Gasteiger partial charge in [-0.2, -0.15) is 8.75 Å². The predicted octanol–water partition coefficient (Wildman–Crippen LogP) is -0.225. The largest absolute Gasteiger partial charge is 0.302 e. The number of H-pyrrole nitrogens is 1. The van der Waals surface area contributed by atoms with E-state index in [4.69, 9.17) is 0 Å².